The smallest absolute Gasteiger partial charge is 0.212 e. The molecule has 1 aromatic heterocycles. The van der Waals surface area contributed by atoms with E-state index in [1.807, 2.05) is 12.3 Å². The summed E-state index contributed by atoms with van der Waals surface area (Å²) in [4.78, 5) is 4.33. The van der Waals surface area contributed by atoms with Crippen molar-refractivity contribution in [1.29, 1.82) is 0 Å². The molecule has 1 heterocycles. The molecule has 3 rings (SSSR count). The molecule has 2 bridgehead atoms. The van der Waals surface area contributed by atoms with E-state index in [0.717, 1.165) is 30.7 Å². The zero-order chi connectivity index (χ0) is 14.7. The van der Waals surface area contributed by atoms with Gasteiger partial charge in [-0.2, -0.15) is 0 Å². The summed E-state index contributed by atoms with van der Waals surface area (Å²) in [5.41, 5.74) is 1.31. The van der Waals surface area contributed by atoms with E-state index < -0.39 is 0 Å². The SMILES string of the molecule is CCNC(Cc1ccc(OC)nc1)CC1CC2CCC1C2. The van der Waals surface area contributed by atoms with Crippen LogP contribution in [0.1, 0.15) is 44.6 Å². The minimum absolute atomic E-state index is 0.592. The second-order valence-electron chi connectivity index (χ2n) is 6.84. The Bertz CT molecular complexity index is 445. The van der Waals surface area contributed by atoms with Crippen LogP contribution in [0.4, 0.5) is 0 Å². The molecule has 1 N–H and O–H groups in total. The number of hydrogen-bond donors (Lipinski definition) is 1. The predicted molar refractivity (Wildman–Crippen MR) is 85.5 cm³/mol. The number of methoxy groups -OCH3 is 1. The van der Waals surface area contributed by atoms with Crippen molar-refractivity contribution in [2.45, 2.75) is 51.5 Å². The Morgan fingerprint density at radius 1 is 1.33 bits per heavy atom. The number of fused-ring (bicyclic) bond motifs is 2. The summed E-state index contributed by atoms with van der Waals surface area (Å²) in [6.07, 6.45) is 10.3. The van der Waals surface area contributed by atoms with Crippen LogP contribution in [0, 0.1) is 17.8 Å². The third-order valence-corrected chi connectivity index (χ3v) is 5.45. The summed E-state index contributed by atoms with van der Waals surface area (Å²) in [7, 11) is 1.67. The van der Waals surface area contributed by atoms with Gasteiger partial charge in [-0.3, -0.25) is 0 Å². The van der Waals surface area contributed by atoms with Crippen LogP contribution in [0.15, 0.2) is 18.3 Å². The van der Waals surface area contributed by atoms with Crippen LogP contribution in [0.5, 0.6) is 5.88 Å². The molecule has 0 aliphatic heterocycles. The standard InChI is InChI=1S/C18H28N2O/c1-3-19-17(10-14-5-7-18(21-2)20-12-14)11-16-9-13-4-6-15(16)8-13/h5,7,12-13,15-17,19H,3-4,6,8-11H2,1-2H3. The minimum atomic E-state index is 0.592. The van der Waals surface area contributed by atoms with Gasteiger partial charge in [0, 0.05) is 18.3 Å². The van der Waals surface area contributed by atoms with Crippen LogP contribution >= 0.6 is 0 Å². The van der Waals surface area contributed by atoms with Crippen LogP contribution in [0.25, 0.3) is 0 Å². The van der Waals surface area contributed by atoms with Gasteiger partial charge in [-0.15, -0.1) is 0 Å². The Hall–Kier alpha value is -1.09. The predicted octanol–water partition coefficient (Wildman–Crippen LogP) is 3.44. The Morgan fingerprint density at radius 2 is 2.24 bits per heavy atom. The molecule has 0 saturated heterocycles. The van der Waals surface area contributed by atoms with Gasteiger partial charge in [0.05, 0.1) is 7.11 Å². The van der Waals surface area contributed by atoms with E-state index in [4.69, 9.17) is 4.74 Å². The number of hydrogen-bond acceptors (Lipinski definition) is 3. The van der Waals surface area contributed by atoms with Crippen LogP contribution in [0.3, 0.4) is 0 Å². The molecule has 4 atom stereocenters. The molecule has 116 valence electrons. The van der Waals surface area contributed by atoms with Crippen molar-refractivity contribution >= 4 is 0 Å². The number of rotatable bonds is 7. The summed E-state index contributed by atoms with van der Waals surface area (Å²) in [6.45, 7) is 3.26. The van der Waals surface area contributed by atoms with E-state index in [9.17, 15) is 0 Å². The van der Waals surface area contributed by atoms with E-state index in [1.54, 1.807) is 7.11 Å². The monoisotopic (exact) mass is 288 g/mol. The second kappa shape index (κ2) is 6.78. The molecule has 2 aliphatic rings. The Kier molecular flexibility index (Phi) is 4.79. The highest BCUT2D eigenvalue weighted by atomic mass is 16.5. The summed E-state index contributed by atoms with van der Waals surface area (Å²) in [6, 6.07) is 4.71. The minimum Gasteiger partial charge on any atom is -0.481 e. The number of aromatic nitrogens is 1. The zero-order valence-electron chi connectivity index (χ0n) is 13.3. The Labute approximate surface area is 128 Å². The maximum Gasteiger partial charge on any atom is 0.212 e. The fraction of sp³-hybridized carbons (Fsp3) is 0.722. The van der Waals surface area contributed by atoms with Crippen LogP contribution in [-0.4, -0.2) is 24.7 Å². The normalized spacial score (nSPS) is 28.8. The molecular weight excluding hydrogens is 260 g/mol. The summed E-state index contributed by atoms with van der Waals surface area (Å²) in [5.74, 6) is 3.72. The highest BCUT2D eigenvalue weighted by molar-refractivity contribution is 5.18. The van der Waals surface area contributed by atoms with E-state index in [2.05, 4.69) is 23.3 Å². The highest BCUT2D eigenvalue weighted by Gasteiger charge is 2.39. The first kappa shape index (κ1) is 14.8. The van der Waals surface area contributed by atoms with Crippen molar-refractivity contribution in [3.63, 3.8) is 0 Å². The maximum atomic E-state index is 5.14. The van der Waals surface area contributed by atoms with Crippen molar-refractivity contribution in [2.75, 3.05) is 13.7 Å². The Morgan fingerprint density at radius 3 is 2.81 bits per heavy atom. The lowest BCUT2D eigenvalue weighted by molar-refractivity contribution is 0.278. The average molecular weight is 288 g/mol. The molecule has 21 heavy (non-hydrogen) atoms. The van der Waals surface area contributed by atoms with Gasteiger partial charge in [-0.25, -0.2) is 4.98 Å². The molecule has 3 heteroatoms. The zero-order valence-corrected chi connectivity index (χ0v) is 13.3. The van der Waals surface area contributed by atoms with Gasteiger partial charge < -0.3 is 10.1 Å². The quantitative estimate of drug-likeness (QED) is 0.834. The van der Waals surface area contributed by atoms with E-state index in [1.165, 1.54) is 37.7 Å². The van der Waals surface area contributed by atoms with Gasteiger partial charge in [-0.1, -0.05) is 19.4 Å². The fourth-order valence-corrected chi connectivity index (χ4v) is 4.50. The number of nitrogens with zero attached hydrogens (tertiary/aromatic N) is 1. The van der Waals surface area contributed by atoms with Gasteiger partial charge in [0.2, 0.25) is 5.88 Å². The van der Waals surface area contributed by atoms with Crippen molar-refractivity contribution in [1.82, 2.24) is 10.3 Å². The number of likely N-dealkylation sites (N-methyl/N-ethyl adjacent to an activating group) is 1. The third kappa shape index (κ3) is 3.57. The van der Waals surface area contributed by atoms with Gasteiger partial charge >= 0.3 is 0 Å². The molecule has 2 aliphatic carbocycles. The average Bonchev–Trinajstić information content (AvgIpc) is 3.11. The van der Waals surface area contributed by atoms with Crippen LogP contribution in [-0.2, 0) is 6.42 Å². The van der Waals surface area contributed by atoms with Crippen molar-refractivity contribution in [3.05, 3.63) is 23.9 Å². The molecule has 0 aromatic carbocycles. The van der Waals surface area contributed by atoms with Crippen molar-refractivity contribution in [2.24, 2.45) is 17.8 Å². The van der Waals surface area contributed by atoms with E-state index in [-0.39, 0.29) is 0 Å². The lowest BCUT2D eigenvalue weighted by atomic mass is 9.83. The lowest BCUT2D eigenvalue weighted by Gasteiger charge is -2.27. The lowest BCUT2D eigenvalue weighted by Crippen LogP contribution is -2.34. The van der Waals surface area contributed by atoms with Gasteiger partial charge in [0.15, 0.2) is 0 Å². The van der Waals surface area contributed by atoms with Gasteiger partial charge in [-0.05, 0) is 62.0 Å². The molecule has 0 amide bonds. The summed E-state index contributed by atoms with van der Waals surface area (Å²) < 4.78 is 5.14. The molecular formula is C18H28N2O. The number of ether oxygens (including phenoxy) is 1. The second-order valence-corrected chi connectivity index (χ2v) is 6.84. The topological polar surface area (TPSA) is 34.1 Å². The maximum absolute atomic E-state index is 5.14. The third-order valence-electron chi connectivity index (χ3n) is 5.45. The molecule has 0 spiro atoms. The first-order valence-corrected chi connectivity index (χ1v) is 8.50. The van der Waals surface area contributed by atoms with Crippen molar-refractivity contribution in [3.8, 4) is 5.88 Å². The molecule has 1 aromatic rings. The van der Waals surface area contributed by atoms with E-state index >= 15 is 0 Å². The van der Waals surface area contributed by atoms with Crippen LogP contribution in [0.2, 0.25) is 0 Å². The molecule has 2 saturated carbocycles. The Balaban J connectivity index is 1.58. The molecule has 2 fully saturated rings. The highest BCUT2D eigenvalue weighted by Crippen LogP contribution is 2.49. The first-order valence-electron chi connectivity index (χ1n) is 8.50. The van der Waals surface area contributed by atoms with Gasteiger partial charge in [0.25, 0.3) is 0 Å². The summed E-state index contributed by atoms with van der Waals surface area (Å²) in [5, 5.41) is 3.69. The van der Waals surface area contributed by atoms with Gasteiger partial charge in [0.1, 0.15) is 0 Å². The fourth-order valence-electron chi connectivity index (χ4n) is 4.50. The first-order chi connectivity index (χ1) is 10.3. The van der Waals surface area contributed by atoms with Crippen LogP contribution < -0.4 is 10.1 Å². The molecule has 3 nitrogen and oxygen atoms in total. The number of nitrogens with one attached hydrogen (secondary N) is 1. The number of pyridine rings is 1. The summed E-state index contributed by atoms with van der Waals surface area (Å²) >= 11 is 0. The molecule has 4 unspecified atom stereocenters. The van der Waals surface area contributed by atoms with Crippen molar-refractivity contribution < 1.29 is 4.74 Å². The largest absolute Gasteiger partial charge is 0.481 e. The molecule has 0 radical (unpaired) electrons. The van der Waals surface area contributed by atoms with E-state index in [0.29, 0.717) is 11.9 Å².